The minimum atomic E-state index is -0.565. The first-order valence-electron chi connectivity index (χ1n) is 4.04. The zero-order chi connectivity index (χ0) is 8.48. The van der Waals surface area contributed by atoms with E-state index in [4.69, 9.17) is 0 Å². The maximum absolute atomic E-state index is 11.0. The second-order valence-electron chi connectivity index (χ2n) is 3.60. The molecule has 0 saturated heterocycles. The lowest BCUT2D eigenvalue weighted by Gasteiger charge is -2.10. The molecule has 1 rings (SSSR count). The third kappa shape index (κ3) is 2.50. The largest absolute Gasteiger partial charge is 0.388 e. The summed E-state index contributed by atoms with van der Waals surface area (Å²) in [5.74, 6) is 0.0303. The Hall–Kier alpha value is -0.570. The number of nitrogens with one attached hydrogen (secondary N) is 1. The molecule has 0 spiro atoms. The Kier molecular flexibility index (Phi) is 2.18. The molecule has 0 heterocycles. The van der Waals surface area contributed by atoms with E-state index in [1.165, 1.54) is 0 Å². The zero-order valence-corrected chi connectivity index (χ0v) is 7.05. The van der Waals surface area contributed by atoms with E-state index in [-0.39, 0.29) is 11.8 Å². The molecule has 2 N–H and O–H groups in total. The van der Waals surface area contributed by atoms with E-state index in [0.717, 1.165) is 12.8 Å². The molecular formula is C8H15NO2. The molecule has 64 valence electrons. The predicted octanol–water partition coefficient (Wildman–Crippen LogP) is 0.283. The van der Waals surface area contributed by atoms with Crippen molar-refractivity contribution >= 4 is 5.91 Å². The van der Waals surface area contributed by atoms with E-state index in [0.29, 0.717) is 6.54 Å². The summed E-state index contributed by atoms with van der Waals surface area (Å²) in [4.78, 5) is 11.0. The number of hydrogen-bond acceptors (Lipinski definition) is 2. The highest BCUT2D eigenvalue weighted by atomic mass is 16.3. The van der Waals surface area contributed by atoms with Gasteiger partial charge in [0, 0.05) is 12.5 Å². The van der Waals surface area contributed by atoms with Crippen molar-refractivity contribution < 1.29 is 9.90 Å². The molecule has 0 unspecified atom stereocenters. The normalized spacial score (nSPS) is 20.0. The summed E-state index contributed by atoms with van der Waals surface area (Å²) in [5, 5.41) is 12.0. The van der Waals surface area contributed by atoms with Crippen molar-refractivity contribution in [2.45, 2.75) is 32.3 Å². The highest BCUT2D eigenvalue weighted by molar-refractivity contribution is 5.77. The Bertz CT molecular complexity index is 161. The summed E-state index contributed by atoms with van der Waals surface area (Å²) in [6.07, 6.45) is 1.65. The SMILES string of the molecule is CC(C)C(=O)NCC1(O)CC1. The molecule has 0 aromatic rings. The first-order valence-corrected chi connectivity index (χ1v) is 4.04. The van der Waals surface area contributed by atoms with Crippen LogP contribution in [-0.4, -0.2) is 23.2 Å². The van der Waals surface area contributed by atoms with Gasteiger partial charge in [0.05, 0.1) is 5.60 Å². The zero-order valence-electron chi connectivity index (χ0n) is 7.05. The fraction of sp³-hybridized carbons (Fsp3) is 0.875. The van der Waals surface area contributed by atoms with E-state index < -0.39 is 5.60 Å². The molecule has 1 fully saturated rings. The van der Waals surface area contributed by atoms with Crippen LogP contribution in [0.25, 0.3) is 0 Å². The summed E-state index contributed by atoms with van der Waals surface area (Å²) < 4.78 is 0. The lowest BCUT2D eigenvalue weighted by molar-refractivity contribution is -0.124. The van der Waals surface area contributed by atoms with E-state index >= 15 is 0 Å². The quantitative estimate of drug-likeness (QED) is 0.618. The van der Waals surface area contributed by atoms with Crippen LogP contribution in [0.15, 0.2) is 0 Å². The molecule has 1 amide bonds. The van der Waals surface area contributed by atoms with Crippen molar-refractivity contribution in [2.24, 2.45) is 5.92 Å². The Morgan fingerprint density at radius 1 is 1.64 bits per heavy atom. The van der Waals surface area contributed by atoms with Crippen molar-refractivity contribution in [1.82, 2.24) is 5.32 Å². The van der Waals surface area contributed by atoms with Crippen molar-refractivity contribution in [1.29, 1.82) is 0 Å². The summed E-state index contributed by atoms with van der Waals surface area (Å²) in [7, 11) is 0. The Morgan fingerprint density at radius 2 is 2.18 bits per heavy atom. The molecule has 1 saturated carbocycles. The van der Waals surface area contributed by atoms with Crippen LogP contribution in [0.1, 0.15) is 26.7 Å². The minimum absolute atomic E-state index is 0.0114. The average molecular weight is 157 g/mol. The average Bonchev–Trinajstić information content (AvgIpc) is 2.64. The van der Waals surface area contributed by atoms with Gasteiger partial charge in [-0.3, -0.25) is 4.79 Å². The molecule has 0 atom stereocenters. The topological polar surface area (TPSA) is 49.3 Å². The van der Waals surface area contributed by atoms with Crippen molar-refractivity contribution in [2.75, 3.05) is 6.54 Å². The lowest BCUT2D eigenvalue weighted by atomic mass is 10.2. The smallest absolute Gasteiger partial charge is 0.222 e. The van der Waals surface area contributed by atoms with Gasteiger partial charge in [-0.1, -0.05) is 13.8 Å². The molecule has 0 aliphatic heterocycles. The molecule has 11 heavy (non-hydrogen) atoms. The second-order valence-corrected chi connectivity index (χ2v) is 3.60. The maximum Gasteiger partial charge on any atom is 0.222 e. The van der Waals surface area contributed by atoms with Crippen LogP contribution >= 0.6 is 0 Å². The molecular weight excluding hydrogens is 142 g/mol. The number of amides is 1. The second kappa shape index (κ2) is 2.81. The van der Waals surface area contributed by atoms with Gasteiger partial charge in [0.25, 0.3) is 0 Å². The number of aliphatic hydroxyl groups is 1. The molecule has 0 radical (unpaired) electrons. The third-order valence-electron chi connectivity index (χ3n) is 1.94. The van der Waals surface area contributed by atoms with Gasteiger partial charge in [-0.25, -0.2) is 0 Å². The van der Waals surface area contributed by atoms with E-state index in [2.05, 4.69) is 5.32 Å². The van der Waals surface area contributed by atoms with Gasteiger partial charge >= 0.3 is 0 Å². The minimum Gasteiger partial charge on any atom is -0.388 e. The van der Waals surface area contributed by atoms with Gasteiger partial charge in [0.1, 0.15) is 0 Å². The fourth-order valence-corrected chi connectivity index (χ4v) is 0.777. The van der Waals surface area contributed by atoms with Crippen LogP contribution in [0.3, 0.4) is 0 Å². The lowest BCUT2D eigenvalue weighted by Crippen LogP contribution is -2.35. The number of carbonyl (C=O) groups excluding carboxylic acids is 1. The van der Waals surface area contributed by atoms with Crippen LogP contribution in [-0.2, 0) is 4.79 Å². The number of rotatable bonds is 3. The van der Waals surface area contributed by atoms with E-state index in [1.54, 1.807) is 0 Å². The summed E-state index contributed by atoms with van der Waals surface area (Å²) in [5.41, 5.74) is -0.565. The molecule has 1 aliphatic rings. The number of hydrogen-bond donors (Lipinski definition) is 2. The molecule has 3 heteroatoms. The standard InChI is InChI=1S/C8H15NO2/c1-6(2)7(10)9-5-8(11)3-4-8/h6,11H,3-5H2,1-2H3,(H,9,10). The van der Waals surface area contributed by atoms with Crippen molar-refractivity contribution in [3.8, 4) is 0 Å². The van der Waals surface area contributed by atoms with Gasteiger partial charge in [0.15, 0.2) is 0 Å². The molecule has 1 aliphatic carbocycles. The van der Waals surface area contributed by atoms with E-state index in [1.807, 2.05) is 13.8 Å². The molecule has 0 aromatic carbocycles. The number of carbonyl (C=O) groups is 1. The summed E-state index contributed by atoms with van der Waals surface area (Å²) in [6.45, 7) is 4.10. The Balaban J connectivity index is 2.16. The third-order valence-corrected chi connectivity index (χ3v) is 1.94. The molecule has 3 nitrogen and oxygen atoms in total. The predicted molar refractivity (Wildman–Crippen MR) is 42.0 cm³/mol. The van der Waals surface area contributed by atoms with Crippen LogP contribution in [0.5, 0.6) is 0 Å². The summed E-state index contributed by atoms with van der Waals surface area (Å²) in [6, 6.07) is 0. The van der Waals surface area contributed by atoms with Crippen LogP contribution < -0.4 is 5.32 Å². The van der Waals surface area contributed by atoms with Gasteiger partial charge in [-0.2, -0.15) is 0 Å². The van der Waals surface area contributed by atoms with Gasteiger partial charge < -0.3 is 10.4 Å². The monoisotopic (exact) mass is 157 g/mol. The fourth-order valence-electron chi connectivity index (χ4n) is 0.777. The van der Waals surface area contributed by atoms with Gasteiger partial charge in [-0.05, 0) is 12.8 Å². The van der Waals surface area contributed by atoms with Gasteiger partial charge in [-0.15, -0.1) is 0 Å². The molecule has 0 aromatic heterocycles. The van der Waals surface area contributed by atoms with Crippen molar-refractivity contribution in [3.05, 3.63) is 0 Å². The maximum atomic E-state index is 11.0. The first-order chi connectivity index (χ1) is 5.03. The first kappa shape index (κ1) is 8.53. The molecule has 0 bridgehead atoms. The highest BCUT2D eigenvalue weighted by Gasteiger charge is 2.40. The van der Waals surface area contributed by atoms with Crippen LogP contribution in [0.2, 0.25) is 0 Å². The Labute approximate surface area is 66.8 Å². The van der Waals surface area contributed by atoms with Crippen LogP contribution in [0.4, 0.5) is 0 Å². The summed E-state index contributed by atoms with van der Waals surface area (Å²) >= 11 is 0. The van der Waals surface area contributed by atoms with Crippen LogP contribution in [0, 0.1) is 5.92 Å². The van der Waals surface area contributed by atoms with Gasteiger partial charge in [0.2, 0.25) is 5.91 Å². The Morgan fingerprint density at radius 3 is 2.55 bits per heavy atom. The van der Waals surface area contributed by atoms with E-state index in [9.17, 15) is 9.90 Å². The van der Waals surface area contributed by atoms with Crippen molar-refractivity contribution in [3.63, 3.8) is 0 Å². The highest BCUT2D eigenvalue weighted by Crippen LogP contribution is 2.33.